The Morgan fingerprint density at radius 3 is 2.56 bits per heavy atom. The number of halogens is 1. The van der Waals surface area contributed by atoms with Gasteiger partial charge in [0.25, 0.3) is 0 Å². The summed E-state index contributed by atoms with van der Waals surface area (Å²) >= 11 is 4.68. The molecule has 0 spiro atoms. The van der Waals surface area contributed by atoms with Crippen molar-refractivity contribution >= 4 is 18.3 Å². The molecule has 0 saturated carbocycles. The molecule has 3 heteroatoms. The molecule has 1 rings (SSSR count). The third kappa shape index (κ3) is 1.29. The highest BCUT2D eigenvalue weighted by atomic mass is 32.1. The van der Waals surface area contributed by atoms with Crippen molar-refractivity contribution in [2.75, 3.05) is 5.73 Å². The fourth-order valence-electron chi connectivity index (χ4n) is 0.508. The summed E-state index contributed by atoms with van der Waals surface area (Å²) in [6.45, 7) is 0. The van der Waals surface area contributed by atoms with Gasteiger partial charge in [-0.05, 0) is 18.2 Å². The van der Waals surface area contributed by atoms with Gasteiger partial charge in [-0.2, -0.15) is 0 Å². The lowest BCUT2D eigenvalue weighted by Crippen LogP contribution is -1.88. The molecule has 0 aliphatic carbocycles. The van der Waals surface area contributed by atoms with Crippen LogP contribution in [0.25, 0.3) is 0 Å². The minimum absolute atomic E-state index is 0.339. The first kappa shape index (κ1) is 6.29. The van der Waals surface area contributed by atoms with Crippen molar-refractivity contribution in [3.63, 3.8) is 0 Å². The predicted molar refractivity (Wildman–Crippen MR) is 36.4 cm³/mol. The first-order valence-corrected chi connectivity index (χ1v) is 2.83. The Kier molecular flexibility index (Phi) is 1.53. The monoisotopic (exact) mass is 142 g/mol. The van der Waals surface area contributed by atoms with Crippen molar-refractivity contribution in [1.29, 1.82) is 0 Å². The molecule has 0 radical (unpaired) electrons. The van der Waals surface area contributed by atoms with Crippen LogP contribution >= 0.6 is 0 Å². The van der Waals surface area contributed by atoms with Crippen LogP contribution in [-0.4, -0.2) is 0 Å². The molecule has 0 unspecified atom stereocenters. The smallest absolute Gasteiger partial charge is 0.121 e. The quantitative estimate of drug-likeness (QED) is 0.436. The largest absolute Gasteiger partial charge is 0.778 e. The van der Waals surface area contributed by atoms with Crippen LogP contribution in [0.5, 0.6) is 0 Å². The van der Waals surface area contributed by atoms with Crippen LogP contribution in [-0.2, 0) is 12.6 Å². The van der Waals surface area contributed by atoms with E-state index in [1.165, 1.54) is 18.2 Å². The van der Waals surface area contributed by atoms with Gasteiger partial charge in [-0.1, -0.05) is 0 Å². The summed E-state index contributed by atoms with van der Waals surface area (Å²) in [5.41, 5.74) is 5.77. The number of hydrogen-bond donors (Lipinski definition) is 1. The normalized spacial score (nSPS) is 9.44. The van der Waals surface area contributed by atoms with E-state index in [9.17, 15) is 4.39 Å². The maximum Gasteiger partial charge on any atom is 0.121 e. The summed E-state index contributed by atoms with van der Waals surface area (Å²) in [6.07, 6.45) is 0. The molecule has 0 amide bonds. The topological polar surface area (TPSA) is 26.0 Å². The van der Waals surface area contributed by atoms with Gasteiger partial charge < -0.3 is 18.4 Å². The third-order valence-corrected chi connectivity index (χ3v) is 1.33. The number of nitrogens with two attached hydrogens (primary N) is 1. The highest BCUT2D eigenvalue weighted by Gasteiger charge is 1.86. The van der Waals surface area contributed by atoms with Crippen molar-refractivity contribution < 1.29 is 4.39 Å². The van der Waals surface area contributed by atoms with E-state index in [2.05, 4.69) is 12.6 Å². The van der Waals surface area contributed by atoms with Gasteiger partial charge in [0.15, 0.2) is 0 Å². The van der Waals surface area contributed by atoms with E-state index in [1.807, 2.05) is 0 Å². The van der Waals surface area contributed by atoms with Crippen LogP contribution in [0.1, 0.15) is 0 Å². The fourth-order valence-corrected chi connectivity index (χ4v) is 0.689. The Morgan fingerprint density at radius 2 is 2.11 bits per heavy atom. The number of hydrogen-bond acceptors (Lipinski definition) is 2. The Labute approximate surface area is 58.1 Å². The number of benzene rings is 1. The van der Waals surface area contributed by atoms with Gasteiger partial charge in [0, 0.05) is 5.69 Å². The van der Waals surface area contributed by atoms with Crippen molar-refractivity contribution in [2.45, 2.75) is 4.90 Å². The van der Waals surface area contributed by atoms with Gasteiger partial charge in [-0.25, -0.2) is 4.39 Å². The van der Waals surface area contributed by atoms with Crippen molar-refractivity contribution in [2.24, 2.45) is 0 Å². The third-order valence-electron chi connectivity index (χ3n) is 0.976. The van der Waals surface area contributed by atoms with Gasteiger partial charge in [0.05, 0.1) is 0 Å². The summed E-state index contributed by atoms with van der Waals surface area (Å²) in [7, 11) is 0. The maximum absolute atomic E-state index is 12.2. The van der Waals surface area contributed by atoms with E-state index in [-0.39, 0.29) is 5.82 Å². The van der Waals surface area contributed by atoms with Crippen LogP contribution in [0.3, 0.4) is 0 Å². The highest BCUT2D eigenvalue weighted by Crippen LogP contribution is 2.11. The Bertz CT molecular complexity index is 224. The first-order valence-electron chi connectivity index (χ1n) is 2.42. The molecule has 2 N–H and O–H groups in total. The molecule has 0 aliphatic heterocycles. The molecule has 0 aromatic heterocycles. The Morgan fingerprint density at radius 1 is 1.44 bits per heavy atom. The lowest BCUT2D eigenvalue weighted by atomic mass is 10.3. The van der Waals surface area contributed by atoms with Crippen molar-refractivity contribution in [1.82, 2.24) is 0 Å². The van der Waals surface area contributed by atoms with E-state index in [0.29, 0.717) is 10.6 Å². The highest BCUT2D eigenvalue weighted by molar-refractivity contribution is 7.59. The number of rotatable bonds is 0. The molecular weight excluding hydrogens is 137 g/mol. The molecule has 0 aliphatic rings. The second-order valence-electron chi connectivity index (χ2n) is 1.68. The summed E-state index contributed by atoms with van der Waals surface area (Å²) in [4.78, 5) is 0.370. The maximum atomic E-state index is 12.2. The second-order valence-corrected chi connectivity index (χ2v) is 2.12. The van der Waals surface area contributed by atoms with E-state index in [4.69, 9.17) is 5.73 Å². The summed E-state index contributed by atoms with van der Waals surface area (Å²) in [6, 6.07) is 3.97. The molecule has 1 aromatic rings. The average Bonchev–Trinajstić information content (AvgIpc) is 1.80. The van der Waals surface area contributed by atoms with Gasteiger partial charge in [-0.15, -0.1) is 4.90 Å². The minimum atomic E-state index is -0.339. The standard InChI is InChI=1S/C6H6FNS/c7-4-1-2-5(8)6(9)3-4/h1-3,9H,8H2/p-1. The molecule has 0 heterocycles. The van der Waals surface area contributed by atoms with Crippen molar-refractivity contribution in [3.8, 4) is 0 Å². The van der Waals surface area contributed by atoms with E-state index in [1.54, 1.807) is 0 Å². The number of nitrogen functional groups attached to an aromatic ring is 1. The zero-order chi connectivity index (χ0) is 6.85. The van der Waals surface area contributed by atoms with E-state index >= 15 is 0 Å². The summed E-state index contributed by atoms with van der Waals surface area (Å²) < 4.78 is 12.2. The molecule has 0 fully saturated rings. The molecular formula is C6H5FNS-. The lowest BCUT2D eigenvalue weighted by molar-refractivity contribution is 0.624. The molecule has 0 bridgehead atoms. The lowest BCUT2D eigenvalue weighted by Gasteiger charge is -2.07. The molecule has 48 valence electrons. The van der Waals surface area contributed by atoms with Gasteiger partial charge in [0.2, 0.25) is 0 Å². The summed E-state index contributed by atoms with van der Waals surface area (Å²) in [5, 5.41) is 0. The minimum Gasteiger partial charge on any atom is -0.778 e. The molecule has 0 saturated heterocycles. The van der Waals surface area contributed by atoms with Crippen LogP contribution in [0.2, 0.25) is 0 Å². The zero-order valence-corrected chi connectivity index (χ0v) is 5.41. The Balaban J connectivity index is 3.17. The van der Waals surface area contributed by atoms with Gasteiger partial charge in [-0.3, -0.25) is 0 Å². The van der Waals surface area contributed by atoms with Gasteiger partial charge in [0.1, 0.15) is 5.82 Å². The molecule has 1 aromatic carbocycles. The summed E-state index contributed by atoms with van der Waals surface area (Å²) in [5.74, 6) is -0.339. The molecule has 1 nitrogen and oxygen atoms in total. The Hall–Kier alpha value is -0.830. The van der Waals surface area contributed by atoms with Crippen LogP contribution in [0.4, 0.5) is 10.1 Å². The van der Waals surface area contributed by atoms with Gasteiger partial charge >= 0.3 is 0 Å². The zero-order valence-electron chi connectivity index (χ0n) is 4.60. The van der Waals surface area contributed by atoms with Crippen LogP contribution < -0.4 is 5.73 Å². The van der Waals surface area contributed by atoms with Crippen LogP contribution in [0, 0.1) is 5.82 Å². The second kappa shape index (κ2) is 2.19. The van der Waals surface area contributed by atoms with E-state index in [0.717, 1.165) is 0 Å². The van der Waals surface area contributed by atoms with Crippen molar-refractivity contribution in [3.05, 3.63) is 24.0 Å². The number of anilines is 1. The van der Waals surface area contributed by atoms with E-state index < -0.39 is 0 Å². The molecule has 9 heavy (non-hydrogen) atoms. The SMILES string of the molecule is Nc1ccc(F)cc1[S-]. The van der Waals surface area contributed by atoms with Crippen LogP contribution in [0.15, 0.2) is 23.1 Å². The first-order chi connectivity index (χ1) is 4.20. The predicted octanol–water partition coefficient (Wildman–Crippen LogP) is 1.31. The average molecular weight is 142 g/mol. The fraction of sp³-hybridized carbons (Fsp3) is 0. The molecule has 0 atom stereocenters.